The Bertz CT molecular complexity index is 529. The molecule has 1 heterocycles. The number of hydrogen-bond donors (Lipinski definition) is 0. The van der Waals surface area contributed by atoms with E-state index in [9.17, 15) is 0 Å². The van der Waals surface area contributed by atoms with Crippen LogP contribution in [0.3, 0.4) is 0 Å². The zero-order valence-electron chi connectivity index (χ0n) is 9.73. The van der Waals surface area contributed by atoms with E-state index in [0.717, 1.165) is 17.9 Å². The largest absolute Gasteiger partial charge is 0.297 e. The average molecular weight is 248 g/mol. The highest BCUT2D eigenvalue weighted by Crippen LogP contribution is 2.47. The summed E-state index contributed by atoms with van der Waals surface area (Å²) in [7, 11) is 0. The predicted molar refractivity (Wildman–Crippen MR) is 67.8 cm³/mol. The van der Waals surface area contributed by atoms with Crippen molar-refractivity contribution in [3.05, 3.63) is 35.6 Å². The summed E-state index contributed by atoms with van der Waals surface area (Å²) in [6.07, 6.45) is 2.52. The fourth-order valence-electron chi connectivity index (χ4n) is 1.98. The lowest BCUT2D eigenvalue weighted by Gasteiger charge is -2.12. The zero-order chi connectivity index (χ0) is 11.9. The van der Waals surface area contributed by atoms with Crippen LogP contribution < -0.4 is 0 Å². The van der Waals surface area contributed by atoms with E-state index < -0.39 is 0 Å². The molecule has 1 saturated carbocycles. The van der Waals surface area contributed by atoms with Gasteiger partial charge in [-0.1, -0.05) is 37.3 Å². The van der Waals surface area contributed by atoms with Gasteiger partial charge in [-0.2, -0.15) is 0 Å². The Labute approximate surface area is 105 Å². The standard InChI is InChI=1S/C13H14ClN3/c1-13(7-8-13)9-17-11(15-16-12(17)14)10-5-3-2-4-6-10/h2-6H,7-9H2,1H3. The molecule has 0 N–H and O–H groups in total. The predicted octanol–water partition coefficient (Wildman–Crippen LogP) is 3.40. The van der Waals surface area contributed by atoms with Gasteiger partial charge in [0.05, 0.1) is 0 Å². The fourth-order valence-corrected chi connectivity index (χ4v) is 2.16. The van der Waals surface area contributed by atoms with Gasteiger partial charge >= 0.3 is 0 Å². The topological polar surface area (TPSA) is 30.7 Å². The van der Waals surface area contributed by atoms with Crippen LogP contribution in [-0.2, 0) is 6.54 Å². The lowest BCUT2D eigenvalue weighted by atomic mass is 10.1. The number of benzene rings is 1. The molecule has 4 heteroatoms. The van der Waals surface area contributed by atoms with Crippen LogP contribution in [0.1, 0.15) is 19.8 Å². The molecule has 1 aliphatic rings. The second-order valence-corrected chi connectivity index (χ2v) is 5.39. The summed E-state index contributed by atoms with van der Waals surface area (Å²) in [5.41, 5.74) is 1.45. The van der Waals surface area contributed by atoms with Crippen molar-refractivity contribution in [2.45, 2.75) is 26.3 Å². The third-order valence-electron chi connectivity index (χ3n) is 3.38. The lowest BCUT2D eigenvalue weighted by molar-refractivity contribution is 0.467. The number of hydrogen-bond acceptors (Lipinski definition) is 2. The Morgan fingerprint density at radius 3 is 2.59 bits per heavy atom. The molecule has 3 nitrogen and oxygen atoms in total. The molecule has 17 heavy (non-hydrogen) atoms. The van der Waals surface area contributed by atoms with E-state index in [1.807, 2.05) is 34.9 Å². The fraction of sp³-hybridized carbons (Fsp3) is 0.385. The van der Waals surface area contributed by atoms with Crippen molar-refractivity contribution in [3.8, 4) is 11.4 Å². The quantitative estimate of drug-likeness (QED) is 0.832. The Balaban J connectivity index is 2.00. The van der Waals surface area contributed by atoms with Crippen LogP contribution in [0.15, 0.2) is 30.3 Å². The molecule has 0 radical (unpaired) electrons. The maximum absolute atomic E-state index is 6.12. The highest BCUT2D eigenvalue weighted by Gasteiger charge is 2.38. The molecule has 0 unspecified atom stereocenters. The molecule has 0 aliphatic heterocycles. The summed E-state index contributed by atoms with van der Waals surface area (Å²) in [5, 5.41) is 8.65. The summed E-state index contributed by atoms with van der Waals surface area (Å²) in [6, 6.07) is 10.1. The van der Waals surface area contributed by atoms with Gasteiger partial charge in [0.15, 0.2) is 5.82 Å². The van der Waals surface area contributed by atoms with E-state index in [1.165, 1.54) is 12.8 Å². The molecule has 2 aromatic rings. The van der Waals surface area contributed by atoms with E-state index in [-0.39, 0.29) is 0 Å². The highest BCUT2D eigenvalue weighted by molar-refractivity contribution is 6.28. The van der Waals surface area contributed by atoms with Crippen LogP contribution in [0.4, 0.5) is 0 Å². The van der Waals surface area contributed by atoms with Gasteiger partial charge in [0, 0.05) is 12.1 Å². The monoisotopic (exact) mass is 247 g/mol. The highest BCUT2D eigenvalue weighted by atomic mass is 35.5. The minimum atomic E-state index is 0.384. The SMILES string of the molecule is CC1(Cn2c(Cl)nnc2-c2ccccc2)CC1. The number of nitrogens with zero attached hydrogens (tertiary/aromatic N) is 3. The lowest BCUT2D eigenvalue weighted by Crippen LogP contribution is -2.09. The first-order valence-electron chi connectivity index (χ1n) is 5.82. The molecule has 3 rings (SSSR count). The molecule has 0 saturated heterocycles. The zero-order valence-corrected chi connectivity index (χ0v) is 10.5. The van der Waals surface area contributed by atoms with E-state index in [1.54, 1.807) is 0 Å². The van der Waals surface area contributed by atoms with Crippen LogP contribution in [0, 0.1) is 5.41 Å². The second-order valence-electron chi connectivity index (χ2n) is 5.06. The molecule has 0 bridgehead atoms. The van der Waals surface area contributed by atoms with Crippen LogP contribution in [-0.4, -0.2) is 14.8 Å². The Kier molecular flexibility index (Phi) is 2.44. The summed E-state index contributed by atoms with van der Waals surface area (Å²) in [4.78, 5) is 0. The third-order valence-corrected chi connectivity index (χ3v) is 3.66. The molecule has 1 fully saturated rings. The number of halogens is 1. The van der Waals surface area contributed by atoms with Crippen molar-refractivity contribution in [3.63, 3.8) is 0 Å². The van der Waals surface area contributed by atoms with Crippen LogP contribution in [0.2, 0.25) is 5.28 Å². The molecule has 0 spiro atoms. The maximum atomic E-state index is 6.12. The van der Waals surface area contributed by atoms with Gasteiger partial charge in [-0.15, -0.1) is 10.2 Å². The third kappa shape index (κ3) is 2.07. The first kappa shape index (κ1) is 10.8. The van der Waals surface area contributed by atoms with Crippen molar-refractivity contribution in [1.29, 1.82) is 0 Å². The van der Waals surface area contributed by atoms with Gasteiger partial charge in [-0.05, 0) is 29.9 Å². The van der Waals surface area contributed by atoms with Gasteiger partial charge in [0.1, 0.15) is 0 Å². The molecule has 1 aliphatic carbocycles. The molecule has 0 amide bonds. The van der Waals surface area contributed by atoms with Crippen LogP contribution in [0.5, 0.6) is 0 Å². The van der Waals surface area contributed by atoms with Crippen molar-refractivity contribution < 1.29 is 0 Å². The van der Waals surface area contributed by atoms with Crippen LogP contribution in [0.25, 0.3) is 11.4 Å². The number of aromatic nitrogens is 3. The number of rotatable bonds is 3. The summed E-state index contributed by atoms with van der Waals surface area (Å²) in [6.45, 7) is 3.18. The van der Waals surface area contributed by atoms with Gasteiger partial charge in [-0.3, -0.25) is 4.57 Å². The maximum Gasteiger partial charge on any atom is 0.225 e. The van der Waals surface area contributed by atoms with Crippen molar-refractivity contribution in [1.82, 2.24) is 14.8 Å². The van der Waals surface area contributed by atoms with Crippen molar-refractivity contribution in [2.75, 3.05) is 0 Å². The van der Waals surface area contributed by atoms with E-state index >= 15 is 0 Å². The molecular formula is C13H14ClN3. The smallest absolute Gasteiger partial charge is 0.225 e. The van der Waals surface area contributed by atoms with E-state index in [2.05, 4.69) is 17.1 Å². The molecule has 1 aromatic heterocycles. The first-order valence-corrected chi connectivity index (χ1v) is 6.20. The van der Waals surface area contributed by atoms with Crippen molar-refractivity contribution in [2.24, 2.45) is 5.41 Å². The van der Waals surface area contributed by atoms with Crippen LogP contribution >= 0.6 is 11.6 Å². The minimum absolute atomic E-state index is 0.384. The second kappa shape index (κ2) is 3.84. The summed E-state index contributed by atoms with van der Waals surface area (Å²) < 4.78 is 2.02. The average Bonchev–Trinajstić information content (AvgIpc) is 2.96. The van der Waals surface area contributed by atoms with Crippen molar-refractivity contribution >= 4 is 11.6 Å². The van der Waals surface area contributed by atoms with Gasteiger partial charge in [-0.25, -0.2) is 0 Å². The normalized spacial score (nSPS) is 17.1. The Hall–Kier alpha value is -1.35. The first-order chi connectivity index (χ1) is 8.18. The summed E-state index contributed by atoms with van der Waals surface area (Å²) >= 11 is 6.12. The minimum Gasteiger partial charge on any atom is -0.297 e. The molecule has 1 aromatic carbocycles. The molecule has 88 valence electrons. The van der Waals surface area contributed by atoms with Gasteiger partial charge < -0.3 is 0 Å². The van der Waals surface area contributed by atoms with Gasteiger partial charge in [0.2, 0.25) is 5.28 Å². The van der Waals surface area contributed by atoms with E-state index in [0.29, 0.717) is 10.7 Å². The Morgan fingerprint density at radius 1 is 1.24 bits per heavy atom. The molecule has 0 atom stereocenters. The van der Waals surface area contributed by atoms with Gasteiger partial charge in [0.25, 0.3) is 0 Å². The Morgan fingerprint density at radius 2 is 1.94 bits per heavy atom. The van der Waals surface area contributed by atoms with E-state index in [4.69, 9.17) is 11.6 Å². The molecular weight excluding hydrogens is 234 g/mol. The summed E-state index contributed by atoms with van der Waals surface area (Å²) in [5.74, 6) is 0.865.